The number of rotatable bonds is 9. The second-order valence-electron chi connectivity index (χ2n) is 6.83. The number of benzene rings is 1. The van der Waals surface area contributed by atoms with Crippen LogP contribution in [0.15, 0.2) is 24.3 Å². The number of carbonyl (C=O) groups is 2. The monoisotopic (exact) mass is 347 g/mol. The van der Waals surface area contributed by atoms with Crippen molar-refractivity contribution >= 4 is 11.9 Å². The summed E-state index contributed by atoms with van der Waals surface area (Å²) in [5.41, 5.74) is 0.928. The van der Waals surface area contributed by atoms with Crippen molar-refractivity contribution < 1.29 is 19.4 Å². The van der Waals surface area contributed by atoms with Gasteiger partial charge in [0.2, 0.25) is 5.91 Å². The Morgan fingerprint density at radius 3 is 2.48 bits per heavy atom. The fourth-order valence-electron chi connectivity index (χ4n) is 3.38. The van der Waals surface area contributed by atoms with Crippen LogP contribution in [0.1, 0.15) is 51.0 Å². The Morgan fingerprint density at radius 2 is 1.88 bits per heavy atom. The molecule has 5 nitrogen and oxygen atoms in total. The third-order valence-corrected chi connectivity index (χ3v) is 4.81. The first-order chi connectivity index (χ1) is 12.1. The lowest BCUT2D eigenvalue weighted by molar-refractivity contribution is -0.141. The van der Waals surface area contributed by atoms with E-state index in [0.29, 0.717) is 25.4 Å². The first kappa shape index (κ1) is 19.3. The molecule has 0 saturated heterocycles. The van der Waals surface area contributed by atoms with E-state index in [1.165, 1.54) is 19.3 Å². The molecule has 5 heteroatoms. The van der Waals surface area contributed by atoms with Crippen LogP contribution in [0.4, 0.5) is 0 Å². The fourth-order valence-corrected chi connectivity index (χ4v) is 3.38. The molecule has 1 saturated carbocycles. The summed E-state index contributed by atoms with van der Waals surface area (Å²) in [6.07, 6.45) is 6.81. The van der Waals surface area contributed by atoms with Crippen molar-refractivity contribution in [2.45, 2.75) is 51.9 Å². The Hall–Kier alpha value is -2.04. The van der Waals surface area contributed by atoms with Gasteiger partial charge in [-0.15, -0.1) is 0 Å². The van der Waals surface area contributed by atoms with Gasteiger partial charge >= 0.3 is 5.97 Å². The molecule has 0 radical (unpaired) electrons. The lowest BCUT2D eigenvalue weighted by Gasteiger charge is -2.21. The Balaban J connectivity index is 1.81. The van der Waals surface area contributed by atoms with E-state index in [-0.39, 0.29) is 12.5 Å². The van der Waals surface area contributed by atoms with Crippen LogP contribution in [0.3, 0.4) is 0 Å². The number of nitrogens with one attached hydrogen (secondary N) is 1. The maximum atomic E-state index is 12.1. The molecule has 1 atom stereocenters. The second-order valence-corrected chi connectivity index (χ2v) is 6.83. The van der Waals surface area contributed by atoms with Crippen LogP contribution in [0.25, 0.3) is 0 Å². The van der Waals surface area contributed by atoms with Crippen molar-refractivity contribution in [2.24, 2.45) is 11.8 Å². The Bertz CT molecular complexity index is 549. The summed E-state index contributed by atoms with van der Waals surface area (Å²) in [4.78, 5) is 23.6. The maximum Gasteiger partial charge on any atom is 0.308 e. The molecule has 0 heterocycles. The Morgan fingerprint density at radius 1 is 1.20 bits per heavy atom. The van der Waals surface area contributed by atoms with Gasteiger partial charge in [-0.25, -0.2) is 0 Å². The van der Waals surface area contributed by atoms with Gasteiger partial charge in [0.25, 0.3) is 0 Å². The van der Waals surface area contributed by atoms with Gasteiger partial charge < -0.3 is 15.2 Å². The molecule has 1 fully saturated rings. The van der Waals surface area contributed by atoms with Crippen LogP contribution < -0.4 is 10.1 Å². The average Bonchev–Trinajstić information content (AvgIpc) is 2.61. The smallest absolute Gasteiger partial charge is 0.308 e. The number of aliphatic carboxylic acids is 1. The summed E-state index contributed by atoms with van der Waals surface area (Å²) >= 11 is 0. The summed E-state index contributed by atoms with van der Waals surface area (Å²) in [5, 5.41) is 12.3. The molecule has 1 aromatic carbocycles. The quantitative estimate of drug-likeness (QED) is 0.718. The van der Waals surface area contributed by atoms with Crippen LogP contribution in [0, 0.1) is 11.8 Å². The minimum Gasteiger partial charge on any atom is -0.494 e. The normalized spacial score (nSPS) is 16.2. The van der Waals surface area contributed by atoms with Crippen LogP contribution in [-0.4, -0.2) is 30.1 Å². The largest absolute Gasteiger partial charge is 0.494 e. The van der Waals surface area contributed by atoms with E-state index >= 15 is 0 Å². The first-order valence-corrected chi connectivity index (χ1v) is 9.29. The van der Waals surface area contributed by atoms with Crippen LogP contribution in [-0.2, 0) is 16.0 Å². The van der Waals surface area contributed by atoms with Crippen LogP contribution in [0.2, 0.25) is 0 Å². The van der Waals surface area contributed by atoms with Crippen molar-refractivity contribution in [2.75, 3.05) is 13.2 Å². The zero-order valence-electron chi connectivity index (χ0n) is 15.0. The first-order valence-electron chi connectivity index (χ1n) is 9.29. The molecule has 2 N–H and O–H groups in total. The molecule has 1 aliphatic rings. The van der Waals surface area contributed by atoms with Crippen LogP contribution >= 0.6 is 0 Å². The minimum absolute atomic E-state index is 0.0233. The van der Waals surface area contributed by atoms with E-state index < -0.39 is 11.9 Å². The predicted molar refractivity (Wildman–Crippen MR) is 96.6 cm³/mol. The highest BCUT2D eigenvalue weighted by molar-refractivity contribution is 5.77. The zero-order chi connectivity index (χ0) is 18.1. The van der Waals surface area contributed by atoms with Crippen molar-refractivity contribution in [3.8, 4) is 5.75 Å². The average molecular weight is 347 g/mol. The molecule has 0 aromatic heterocycles. The second kappa shape index (κ2) is 10.1. The highest BCUT2D eigenvalue weighted by Crippen LogP contribution is 2.26. The molecule has 138 valence electrons. The van der Waals surface area contributed by atoms with Crippen LogP contribution in [0.5, 0.6) is 5.75 Å². The van der Waals surface area contributed by atoms with E-state index in [4.69, 9.17) is 4.74 Å². The van der Waals surface area contributed by atoms with Crippen molar-refractivity contribution in [3.63, 3.8) is 0 Å². The maximum absolute atomic E-state index is 12.1. The summed E-state index contributed by atoms with van der Waals surface area (Å²) in [5.74, 6) is -0.285. The fraction of sp³-hybridized carbons (Fsp3) is 0.600. The van der Waals surface area contributed by atoms with Gasteiger partial charge in [-0.3, -0.25) is 9.59 Å². The Labute approximate surface area is 149 Å². The van der Waals surface area contributed by atoms with Crippen molar-refractivity contribution in [1.29, 1.82) is 0 Å². The minimum atomic E-state index is -0.883. The van der Waals surface area contributed by atoms with E-state index in [2.05, 4.69) is 5.32 Å². The van der Waals surface area contributed by atoms with Gasteiger partial charge in [0.15, 0.2) is 0 Å². The molecule has 1 aromatic rings. The van der Waals surface area contributed by atoms with Gasteiger partial charge in [0, 0.05) is 13.0 Å². The highest BCUT2D eigenvalue weighted by Gasteiger charge is 2.21. The number of ether oxygens (including phenoxy) is 1. The van der Waals surface area contributed by atoms with Gasteiger partial charge in [-0.05, 0) is 49.8 Å². The number of carboxylic acid groups (broad SMARTS) is 1. The van der Waals surface area contributed by atoms with Gasteiger partial charge in [0.1, 0.15) is 5.75 Å². The van der Waals surface area contributed by atoms with E-state index in [1.807, 2.05) is 31.2 Å². The van der Waals surface area contributed by atoms with Gasteiger partial charge in [0.05, 0.1) is 12.5 Å². The molecule has 0 bridgehead atoms. The number of hydrogen-bond acceptors (Lipinski definition) is 3. The summed E-state index contributed by atoms with van der Waals surface area (Å²) in [6, 6.07) is 7.45. The lowest BCUT2D eigenvalue weighted by atomic mass is 9.87. The predicted octanol–water partition coefficient (Wildman–Crippen LogP) is 3.42. The molecule has 25 heavy (non-hydrogen) atoms. The number of carboxylic acids is 1. The van der Waals surface area contributed by atoms with Crippen molar-refractivity contribution in [3.05, 3.63) is 29.8 Å². The standard InChI is InChI=1S/C20H29NO4/c1-2-25-18-10-8-16(9-11-18)12-17(20(23)24)14-21-19(22)13-15-6-4-3-5-7-15/h8-11,15,17H,2-7,12-14H2,1H3,(H,21,22)(H,23,24). The van der Waals surface area contributed by atoms with Gasteiger partial charge in [-0.2, -0.15) is 0 Å². The van der Waals surface area contributed by atoms with Crippen molar-refractivity contribution in [1.82, 2.24) is 5.32 Å². The molecule has 0 aliphatic heterocycles. The third-order valence-electron chi connectivity index (χ3n) is 4.81. The lowest BCUT2D eigenvalue weighted by Crippen LogP contribution is -2.35. The third kappa shape index (κ3) is 6.77. The summed E-state index contributed by atoms with van der Waals surface area (Å²) in [6.45, 7) is 2.70. The Kier molecular flexibility index (Phi) is 7.76. The molecule has 1 aliphatic carbocycles. The molecule has 1 unspecified atom stereocenters. The number of carbonyl (C=O) groups excluding carboxylic acids is 1. The number of hydrogen-bond donors (Lipinski definition) is 2. The molecule has 2 rings (SSSR count). The zero-order valence-corrected chi connectivity index (χ0v) is 15.0. The van der Waals surface area contributed by atoms with Gasteiger partial charge in [-0.1, -0.05) is 31.4 Å². The van der Waals surface area contributed by atoms with E-state index in [9.17, 15) is 14.7 Å². The number of amides is 1. The van der Waals surface area contributed by atoms with E-state index in [1.54, 1.807) is 0 Å². The summed E-state index contributed by atoms with van der Waals surface area (Å²) in [7, 11) is 0. The van der Waals surface area contributed by atoms with E-state index in [0.717, 1.165) is 24.2 Å². The SMILES string of the molecule is CCOc1ccc(CC(CNC(=O)CC2CCCCC2)C(=O)O)cc1. The molecular formula is C20H29NO4. The molecule has 1 amide bonds. The molecule has 0 spiro atoms. The summed E-state index contributed by atoms with van der Waals surface area (Å²) < 4.78 is 5.39. The molecular weight excluding hydrogens is 318 g/mol. The highest BCUT2D eigenvalue weighted by atomic mass is 16.5. The topological polar surface area (TPSA) is 75.6 Å².